The van der Waals surface area contributed by atoms with Crippen molar-refractivity contribution in [3.63, 3.8) is 0 Å². The molecular formula is C20H25FN4O3S. The Kier molecular flexibility index (Phi) is 6.18. The highest BCUT2D eigenvalue weighted by molar-refractivity contribution is 7.89. The molecule has 0 saturated carbocycles. The molecule has 3 rings (SSSR count). The first-order valence-corrected chi connectivity index (χ1v) is 10.9. The molecule has 1 aliphatic heterocycles. The SMILES string of the molecule is C/C(=N\Nc1ccc(S(=O)(=O)N2C[C@H](C)C[C@@H](C)C2)cn1)c1cc(F)ccc1O. The van der Waals surface area contributed by atoms with Gasteiger partial charge in [0.1, 0.15) is 22.3 Å². The second-order valence-electron chi connectivity index (χ2n) is 7.62. The van der Waals surface area contributed by atoms with Gasteiger partial charge < -0.3 is 5.11 Å². The zero-order valence-electron chi connectivity index (χ0n) is 16.6. The molecule has 2 aromatic rings. The summed E-state index contributed by atoms with van der Waals surface area (Å²) in [6, 6.07) is 6.60. The predicted octanol–water partition coefficient (Wildman–Crippen LogP) is 3.43. The van der Waals surface area contributed by atoms with Gasteiger partial charge in [-0.05, 0) is 55.5 Å². The Morgan fingerprint density at radius 3 is 2.55 bits per heavy atom. The fourth-order valence-electron chi connectivity index (χ4n) is 3.55. The minimum absolute atomic E-state index is 0.0890. The number of nitrogens with one attached hydrogen (secondary N) is 1. The van der Waals surface area contributed by atoms with E-state index in [4.69, 9.17) is 0 Å². The van der Waals surface area contributed by atoms with E-state index in [1.54, 1.807) is 6.92 Å². The van der Waals surface area contributed by atoms with Gasteiger partial charge in [0, 0.05) is 24.8 Å². The lowest BCUT2D eigenvalue weighted by Gasteiger charge is -2.33. The second kappa shape index (κ2) is 8.46. The molecule has 1 aliphatic rings. The number of phenolic OH excluding ortho intramolecular Hbond substituents is 1. The molecule has 9 heteroatoms. The van der Waals surface area contributed by atoms with Gasteiger partial charge in [0.05, 0.1) is 5.71 Å². The number of anilines is 1. The first-order valence-electron chi connectivity index (χ1n) is 9.42. The van der Waals surface area contributed by atoms with Crippen LogP contribution in [0.1, 0.15) is 32.8 Å². The Hall–Kier alpha value is -2.52. The van der Waals surface area contributed by atoms with Crippen LogP contribution < -0.4 is 5.43 Å². The number of hydrazone groups is 1. The third-order valence-electron chi connectivity index (χ3n) is 4.90. The van der Waals surface area contributed by atoms with E-state index in [0.29, 0.717) is 36.5 Å². The molecule has 2 N–H and O–H groups in total. The van der Waals surface area contributed by atoms with Gasteiger partial charge in [-0.2, -0.15) is 9.41 Å². The van der Waals surface area contributed by atoms with Gasteiger partial charge in [0.2, 0.25) is 10.0 Å². The van der Waals surface area contributed by atoms with E-state index < -0.39 is 15.8 Å². The minimum Gasteiger partial charge on any atom is -0.507 e. The predicted molar refractivity (Wildman–Crippen MR) is 110 cm³/mol. The van der Waals surface area contributed by atoms with Crippen molar-refractivity contribution in [2.24, 2.45) is 16.9 Å². The molecule has 2 atom stereocenters. The summed E-state index contributed by atoms with van der Waals surface area (Å²) in [7, 11) is -3.60. The molecule has 0 bridgehead atoms. The van der Waals surface area contributed by atoms with Crippen LogP contribution in [0.2, 0.25) is 0 Å². The van der Waals surface area contributed by atoms with Crippen molar-refractivity contribution in [1.29, 1.82) is 0 Å². The third-order valence-corrected chi connectivity index (χ3v) is 6.71. The third kappa shape index (κ3) is 4.91. The molecule has 1 saturated heterocycles. The maximum absolute atomic E-state index is 13.4. The van der Waals surface area contributed by atoms with E-state index in [1.165, 1.54) is 34.8 Å². The molecule has 0 aliphatic carbocycles. The number of phenols is 1. The molecule has 7 nitrogen and oxygen atoms in total. The van der Waals surface area contributed by atoms with Crippen molar-refractivity contribution in [3.05, 3.63) is 47.9 Å². The normalized spacial score (nSPS) is 21.2. The van der Waals surface area contributed by atoms with Crippen LogP contribution in [0.15, 0.2) is 46.5 Å². The number of nitrogens with zero attached hydrogens (tertiary/aromatic N) is 3. The summed E-state index contributed by atoms with van der Waals surface area (Å²) < 4.78 is 40.7. The van der Waals surface area contributed by atoms with Crippen LogP contribution in [0.25, 0.3) is 0 Å². The van der Waals surface area contributed by atoms with E-state index in [1.807, 2.05) is 0 Å². The summed E-state index contributed by atoms with van der Waals surface area (Å²) in [5.41, 5.74) is 3.31. The van der Waals surface area contributed by atoms with Crippen molar-refractivity contribution in [3.8, 4) is 5.75 Å². The van der Waals surface area contributed by atoms with E-state index >= 15 is 0 Å². The highest BCUT2D eigenvalue weighted by Crippen LogP contribution is 2.26. The summed E-state index contributed by atoms with van der Waals surface area (Å²) in [6.07, 6.45) is 2.32. The number of halogens is 1. The summed E-state index contributed by atoms with van der Waals surface area (Å²) in [5, 5.41) is 13.9. The van der Waals surface area contributed by atoms with Gasteiger partial charge in [-0.25, -0.2) is 17.8 Å². The minimum atomic E-state index is -3.60. The zero-order valence-corrected chi connectivity index (χ0v) is 17.4. The quantitative estimate of drug-likeness (QED) is 0.571. The molecule has 1 aromatic heterocycles. The van der Waals surface area contributed by atoms with Gasteiger partial charge >= 0.3 is 0 Å². The van der Waals surface area contributed by atoms with Crippen molar-refractivity contribution >= 4 is 21.6 Å². The highest BCUT2D eigenvalue weighted by atomic mass is 32.2. The molecule has 156 valence electrons. The molecule has 0 amide bonds. The smallest absolute Gasteiger partial charge is 0.244 e. The maximum atomic E-state index is 13.4. The molecule has 0 spiro atoms. The summed E-state index contributed by atoms with van der Waals surface area (Å²) >= 11 is 0. The number of piperidine rings is 1. The largest absolute Gasteiger partial charge is 0.507 e. The topological polar surface area (TPSA) is 94.9 Å². The fraction of sp³-hybridized carbons (Fsp3) is 0.400. The molecular weight excluding hydrogens is 395 g/mol. The lowest BCUT2D eigenvalue weighted by atomic mass is 9.94. The van der Waals surface area contributed by atoms with Crippen molar-refractivity contribution in [1.82, 2.24) is 9.29 Å². The van der Waals surface area contributed by atoms with Crippen LogP contribution in [-0.2, 0) is 10.0 Å². The average molecular weight is 421 g/mol. The van der Waals surface area contributed by atoms with Gasteiger partial charge in [-0.3, -0.25) is 5.43 Å². The van der Waals surface area contributed by atoms with Crippen LogP contribution in [0.3, 0.4) is 0 Å². The van der Waals surface area contributed by atoms with Gasteiger partial charge in [0.25, 0.3) is 0 Å². The Labute approximate surface area is 170 Å². The lowest BCUT2D eigenvalue weighted by Crippen LogP contribution is -2.42. The van der Waals surface area contributed by atoms with Crippen LogP contribution in [0, 0.1) is 17.7 Å². The molecule has 0 unspecified atom stereocenters. The Morgan fingerprint density at radius 1 is 1.24 bits per heavy atom. The lowest BCUT2D eigenvalue weighted by molar-refractivity contribution is 0.222. The van der Waals surface area contributed by atoms with E-state index in [9.17, 15) is 17.9 Å². The number of hydrogen-bond acceptors (Lipinski definition) is 6. The van der Waals surface area contributed by atoms with Crippen LogP contribution in [0.5, 0.6) is 5.75 Å². The van der Waals surface area contributed by atoms with Gasteiger partial charge in [0.15, 0.2) is 0 Å². The fourth-order valence-corrected chi connectivity index (χ4v) is 5.18. The molecule has 1 aromatic carbocycles. The van der Waals surface area contributed by atoms with E-state index in [0.717, 1.165) is 12.5 Å². The summed E-state index contributed by atoms with van der Waals surface area (Å²) in [4.78, 5) is 4.26. The number of benzene rings is 1. The summed E-state index contributed by atoms with van der Waals surface area (Å²) in [6.45, 7) is 6.74. The first kappa shape index (κ1) is 21.2. The van der Waals surface area contributed by atoms with Crippen LogP contribution >= 0.6 is 0 Å². The molecule has 1 fully saturated rings. The molecule has 2 heterocycles. The second-order valence-corrected chi connectivity index (χ2v) is 9.56. The number of aromatic hydroxyl groups is 1. The van der Waals surface area contributed by atoms with Crippen LogP contribution in [0.4, 0.5) is 10.2 Å². The Bertz CT molecular complexity index is 999. The van der Waals surface area contributed by atoms with E-state index in [-0.39, 0.29) is 16.2 Å². The van der Waals surface area contributed by atoms with Crippen molar-refractivity contribution in [2.75, 3.05) is 18.5 Å². The number of rotatable bonds is 5. The maximum Gasteiger partial charge on any atom is 0.244 e. The van der Waals surface area contributed by atoms with Crippen molar-refractivity contribution < 1.29 is 17.9 Å². The van der Waals surface area contributed by atoms with Crippen molar-refractivity contribution in [2.45, 2.75) is 32.1 Å². The van der Waals surface area contributed by atoms with Crippen LogP contribution in [-0.4, -0.2) is 41.6 Å². The number of sulfonamides is 1. The number of hydrogen-bond donors (Lipinski definition) is 2. The highest BCUT2D eigenvalue weighted by Gasteiger charge is 2.31. The average Bonchev–Trinajstić information content (AvgIpc) is 2.67. The zero-order chi connectivity index (χ0) is 21.2. The standard InChI is InChI=1S/C20H25FN4O3S/c1-13-8-14(2)12-25(11-13)29(27,28)17-5-7-20(22-10-17)24-23-15(3)18-9-16(21)4-6-19(18)26/h4-7,9-10,13-14,26H,8,11-12H2,1-3H3,(H,22,24)/b23-15+/t13-,14-/m1/s1. The summed E-state index contributed by atoms with van der Waals surface area (Å²) in [5.74, 6) is 0.396. The Balaban J connectivity index is 1.74. The molecule has 0 radical (unpaired) electrons. The number of pyridine rings is 1. The monoisotopic (exact) mass is 420 g/mol. The number of aromatic nitrogens is 1. The Morgan fingerprint density at radius 2 is 1.93 bits per heavy atom. The van der Waals surface area contributed by atoms with E-state index in [2.05, 4.69) is 29.4 Å². The van der Waals surface area contributed by atoms with Gasteiger partial charge in [-0.15, -0.1) is 0 Å². The van der Waals surface area contributed by atoms with Gasteiger partial charge in [-0.1, -0.05) is 13.8 Å². The first-order chi connectivity index (χ1) is 13.7. The molecule has 29 heavy (non-hydrogen) atoms.